The zero-order valence-corrected chi connectivity index (χ0v) is 23.6. The standard InChI is InChI=1S/C29H33N9O4/c1-18(14-20-8-7-9-21(15-20)16-33-26(39)19(2)42-27(30)40)34-28-31-13-12-23(36-28)32-17-24-35-25(38-29(37-24)41-3)22-10-5-4-6-11-22/h4-13,15,18-19H,14,16-17H2,1-3H3,(H2,30,40)(H,33,39)(H2,31,32,34,36)/t18-,19-/m0/s1. The summed E-state index contributed by atoms with van der Waals surface area (Å²) in [4.78, 5) is 45.1. The van der Waals surface area contributed by atoms with Gasteiger partial charge in [0.05, 0.1) is 13.7 Å². The fraction of sp³-hybridized carbons (Fsp3) is 0.276. The van der Waals surface area contributed by atoms with Crippen LogP contribution >= 0.6 is 0 Å². The first-order chi connectivity index (χ1) is 20.3. The number of nitrogens with two attached hydrogens (primary N) is 1. The molecule has 0 saturated heterocycles. The van der Waals surface area contributed by atoms with E-state index in [0.717, 1.165) is 16.7 Å². The lowest BCUT2D eigenvalue weighted by Gasteiger charge is -2.16. The van der Waals surface area contributed by atoms with Crippen LogP contribution in [0.5, 0.6) is 6.01 Å². The van der Waals surface area contributed by atoms with Crippen LogP contribution in [-0.2, 0) is 29.0 Å². The Balaban J connectivity index is 1.32. The highest BCUT2D eigenvalue weighted by molar-refractivity contribution is 5.82. The largest absolute Gasteiger partial charge is 0.467 e. The second kappa shape index (κ2) is 14.3. The van der Waals surface area contributed by atoms with Crippen molar-refractivity contribution >= 4 is 23.8 Å². The fourth-order valence-electron chi connectivity index (χ4n) is 4.03. The van der Waals surface area contributed by atoms with Crippen LogP contribution in [0.2, 0.25) is 0 Å². The van der Waals surface area contributed by atoms with Gasteiger partial charge in [0, 0.05) is 24.3 Å². The van der Waals surface area contributed by atoms with Crippen molar-refractivity contribution in [2.75, 3.05) is 17.7 Å². The Hall–Kier alpha value is -5.33. The summed E-state index contributed by atoms with van der Waals surface area (Å²) in [5, 5.41) is 9.30. The number of amides is 2. The first-order valence-corrected chi connectivity index (χ1v) is 13.3. The zero-order chi connectivity index (χ0) is 29.9. The number of nitrogens with one attached hydrogen (secondary N) is 3. The fourth-order valence-corrected chi connectivity index (χ4v) is 4.03. The molecule has 0 aliphatic rings. The summed E-state index contributed by atoms with van der Waals surface area (Å²) in [5.41, 5.74) is 7.81. The number of anilines is 2. The van der Waals surface area contributed by atoms with Crippen molar-refractivity contribution in [3.63, 3.8) is 0 Å². The third-order valence-corrected chi connectivity index (χ3v) is 6.00. The van der Waals surface area contributed by atoms with Gasteiger partial charge in [0.2, 0.25) is 5.95 Å². The molecule has 4 rings (SSSR count). The van der Waals surface area contributed by atoms with E-state index in [4.69, 9.17) is 15.2 Å². The SMILES string of the molecule is COc1nc(CNc2ccnc(N[C@@H](C)Cc3cccc(CNC(=O)[C@H](C)OC(N)=O)c3)n2)nc(-c2ccccc2)n1. The number of methoxy groups -OCH3 is 1. The molecule has 0 spiro atoms. The quantitative estimate of drug-likeness (QED) is 0.185. The number of carbonyl (C=O) groups is 2. The number of primary amides is 1. The van der Waals surface area contributed by atoms with Crippen molar-refractivity contribution in [2.24, 2.45) is 5.73 Å². The third-order valence-electron chi connectivity index (χ3n) is 6.00. The minimum absolute atomic E-state index is 0.00954. The van der Waals surface area contributed by atoms with Gasteiger partial charge in [0.1, 0.15) is 5.82 Å². The molecule has 42 heavy (non-hydrogen) atoms. The molecule has 2 aromatic carbocycles. The summed E-state index contributed by atoms with van der Waals surface area (Å²) in [7, 11) is 1.52. The smallest absolute Gasteiger partial charge is 0.405 e. The highest BCUT2D eigenvalue weighted by Crippen LogP contribution is 2.17. The van der Waals surface area contributed by atoms with Crippen molar-refractivity contribution in [1.82, 2.24) is 30.2 Å². The van der Waals surface area contributed by atoms with Gasteiger partial charge in [0.25, 0.3) is 5.91 Å². The molecule has 0 bridgehead atoms. The van der Waals surface area contributed by atoms with Crippen molar-refractivity contribution in [2.45, 2.75) is 45.5 Å². The summed E-state index contributed by atoms with van der Waals surface area (Å²) >= 11 is 0. The van der Waals surface area contributed by atoms with E-state index in [1.165, 1.54) is 14.0 Å². The molecule has 4 aromatic rings. The number of rotatable bonds is 13. The summed E-state index contributed by atoms with van der Waals surface area (Å²) in [6.07, 6.45) is 0.399. The molecular weight excluding hydrogens is 538 g/mol. The van der Waals surface area contributed by atoms with Crippen LogP contribution in [0.4, 0.5) is 16.6 Å². The molecule has 13 heteroatoms. The minimum atomic E-state index is -0.993. The van der Waals surface area contributed by atoms with Gasteiger partial charge in [-0.15, -0.1) is 0 Å². The predicted octanol–water partition coefficient (Wildman–Crippen LogP) is 3.09. The normalized spacial score (nSPS) is 12.1. The van der Waals surface area contributed by atoms with E-state index < -0.39 is 18.1 Å². The Bertz CT molecular complexity index is 1500. The molecule has 0 saturated carbocycles. The van der Waals surface area contributed by atoms with Crippen LogP contribution in [0, 0.1) is 0 Å². The van der Waals surface area contributed by atoms with Gasteiger partial charge in [-0.05, 0) is 37.5 Å². The van der Waals surface area contributed by atoms with E-state index in [2.05, 4.69) is 40.9 Å². The van der Waals surface area contributed by atoms with Crippen LogP contribution in [0.3, 0.4) is 0 Å². The predicted molar refractivity (Wildman–Crippen MR) is 156 cm³/mol. The molecule has 0 radical (unpaired) electrons. The van der Waals surface area contributed by atoms with Crippen LogP contribution in [0.1, 0.15) is 30.8 Å². The van der Waals surface area contributed by atoms with Crippen molar-refractivity contribution in [1.29, 1.82) is 0 Å². The molecule has 0 unspecified atom stereocenters. The van der Waals surface area contributed by atoms with Crippen molar-refractivity contribution in [3.8, 4) is 17.4 Å². The van der Waals surface area contributed by atoms with Crippen LogP contribution in [0.15, 0.2) is 66.9 Å². The average molecular weight is 572 g/mol. The van der Waals surface area contributed by atoms with Gasteiger partial charge >= 0.3 is 12.1 Å². The molecule has 0 aliphatic carbocycles. The summed E-state index contributed by atoms with van der Waals surface area (Å²) < 4.78 is 9.97. The van der Waals surface area contributed by atoms with E-state index in [1.807, 2.05) is 61.5 Å². The van der Waals surface area contributed by atoms with Crippen LogP contribution in [-0.4, -0.2) is 56.2 Å². The molecule has 2 atom stereocenters. The molecule has 218 valence electrons. The Morgan fingerprint density at radius 1 is 0.929 bits per heavy atom. The van der Waals surface area contributed by atoms with E-state index in [0.29, 0.717) is 36.4 Å². The van der Waals surface area contributed by atoms with Crippen LogP contribution < -0.4 is 26.4 Å². The lowest BCUT2D eigenvalue weighted by atomic mass is 10.0. The van der Waals surface area contributed by atoms with Crippen molar-refractivity contribution in [3.05, 3.63) is 83.8 Å². The Morgan fingerprint density at radius 2 is 1.71 bits per heavy atom. The molecule has 2 heterocycles. The third kappa shape index (κ3) is 8.84. The maximum atomic E-state index is 12.1. The molecule has 0 fully saturated rings. The second-order valence-corrected chi connectivity index (χ2v) is 9.41. The molecule has 5 N–H and O–H groups in total. The molecule has 0 aliphatic heterocycles. The second-order valence-electron chi connectivity index (χ2n) is 9.41. The Morgan fingerprint density at radius 3 is 2.48 bits per heavy atom. The highest BCUT2D eigenvalue weighted by Gasteiger charge is 2.16. The number of nitrogens with zero attached hydrogens (tertiary/aromatic N) is 5. The lowest BCUT2D eigenvalue weighted by Crippen LogP contribution is -2.36. The molecule has 2 aromatic heterocycles. The average Bonchev–Trinajstić information content (AvgIpc) is 2.99. The van der Waals surface area contributed by atoms with Crippen LogP contribution in [0.25, 0.3) is 11.4 Å². The highest BCUT2D eigenvalue weighted by atomic mass is 16.6. The Kier molecular flexibility index (Phi) is 10.1. The molecule has 13 nitrogen and oxygen atoms in total. The number of aromatic nitrogens is 5. The maximum absolute atomic E-state index is 12.1. The summed E-state index contributed by atoms with van der Waals surface area (Å²) in [5.74, 6) is 1.68. The van der Waals surface area contributed by atoms with E-state index in [1.54, 1.807) is 12.3 Å². The minimum Gasteiger partial charge on any atom is -0.467 e. The number of hydrogen-bond acceptors (Lipinski definition) is 11. The molecule has 2 amide bonds. The van der Waals surface area contributed by atoms with E-state index >= 15 is 0 Å². The first kappa shape index (κ1) is 29.6. The van der Waals surface area contributed by atoms with E-state index in [-0.39, 0.29) is 18.6 Å². The maximum Gasteiger partial charge on any atom is 0.405 e. The van der Waals surface area contributed by atoms with Gasteiger partial charge in [-0.3, -0.25) is 4.79 Å². The van der Waals surface area contributed by atoms with Gasteiger partial charge in [-0.25, -0.2) is 14.8 Å². The summed E-state index contributed by atoms with van der Waals surface area (Å²) in [6.45, 7) is 4.09. The van der Waals surface area contributed by atoms with Gasteiger partial charge in [0.15, 0.2) is 17.8 Å². The number of ether oxygens (including phenoxy) is 2. The number of carbonyl (C=O) groups excluding carboxylic acids is 2. The number of hydrogen-bond donors (Lipinski definition) is 4. The van der Waals surface area contributed by atoms with Crippen molar-refractivity contribution < 1.29 is 19.1 Å². The van der Waals surface area contributed by atoms with Gasteiger partial charge in [-0.2, -0.15) is 15.0 Å². The lowest BCUT2D eigenvalue weighted by molar-refractivity contribution is -0.128. The Labute approximate surface area is 243 Å². The van der Waals surface area contributed by atoms with E-state index in [9.17, 15) is 9.59 Å². The zero-order valence-electron chi connectivity index (χ0n) is 23.6. The van der Waals surface area contributed by atoms with Gasteiger partial charge in [-0.1, -0.05) is 54.6 Å². The monoisotopic (exact) mass is 571 g/mol. The molecular formula is C29H33N9O4. The first-order valence-electron chi connectivity index (χ1n) is 13.3. The summed E-state index contributed by atoms with van der Waals surface area (Å²) in [6, 6.07) is 19.5. The number of benzene rings is 2. The van der Waals surface area contributed by atoms with Gasteiger partial charge < -0.3 is 31.2 Å². The topological polar surface area (TPSA) is 179 Å².